The van der Waals surface area contributed by atoms with Crippen LogP contribution in [0.4, 0.5) is 0 Å². The molecular weight excluding hydrogens is 314 g/mol. The molecule has 23 heavy (non-hydrogen) atoms. The summed E-state index contributed by atoms with van der Waals surface area (Å²) in [5.74, 6) is 0. The van der Waals surface area contributed by atoms with Gasteiger partial charge in [0.05, 0.1) is 24.5 Å². The van der Waals surface area contributed by atoms with Gasteiger partial charge in [-0.1, -0.05) is 25.1 Å². The predicted octanol–water partition coefficient (Wildman–Crippen LogP) is 2.58. The molecule has 0 fully saturated rings. The monoisotopic (exact) mass is 327 g/mol. The topological polar surface area (TPSA) is 76.5 Å². The minimum atomic E-state index is -0.251. The van der Waals surface area contributed by atoms with Crippen LogP contribution in [0.3, 0.4) is 0 Å². The Morgan fingerprint density at radius 3 is 2.87 bits per heavy atom. The van der Waals surface area contributed by atoms with Gasteiger partial charge in [-0.25, -0.2) is 4.98 Å². The van der Waals surface area contributed by atoms with Crippen molar-refractivity contribution in [3.8, 4) is 6.07 Å². The van der Waals surface area contributed by atoms with E-state index in [4.69, 9.17) is 11.6 Å². The highest BCUT2D eigenvalue weighted by Crippen LogP contribution is 2.15. The molecule has 1 aromatic carbocycles. The summed E-state index contributed by atoms with van der Waals surface area (Å²) in [5, 5.41) is 9.25. The summed E-state index contributed by atoms with van der Waals surface area (Å²) in [6.07, 6.45) is 2.48. The van der Waals surface area contributed by atoms with Crippen molar-refractivity contribution in [1.29, 1.82) is 5.26 Å². The van der Waals surface area contributed by atoms with E-state index in [1.807, 2.05) is 13.0 Å². The summed E-state index contributed by atoms with van der Waals surface area (Å²) in [4.78, 5) is 21.2. The highest BCUT2D eigenvalue weighted by molar-refractivity contribution is 6.28. The Kier molecular flexibility index (Phi) is 4.13. The molecule has 0 aliphatic carbocycles. The largest absolute Gasteiger partial charge is 0.325 e. The third-order valence-electron chi connectivity index (χ3n) is 3.62. The number of hydrogen-bond donors (Lipinski definition) is 0. The van der Waals surface area contributed by atoms with Crippen molar-refractivity contribution in [2.45, 2.75) is 26.4 Å². The normalized spacial score (nSPS) is 10.8. The average molecular weight is 328 g/mol. The quantitative estimate of drug-likeness (QED) is 0.690. The van der Waals surface area contributed by atoms with E-state index in [-0.39, 0.29) is 17.4 Å². The first-order valence-corrected chi connectivity index (χ1v) is 7.62. The number of halogens is 1. The number of fused-ring (bicyclic) bond motifs is 1. The number of aryl methyl sites for hydroxylation is 1. The average Bonchev–Trinajstić information content (AvgIpc) is 2.95. The molecule has 0 aliphatic rings. The summed E-state index contributed by atoms with van der Waals surface area (Å²) in [5.41, 5.74) is 1.77. The van der Waals surface area contributed by atoms with Crippen LogP contribution in [0.1, 0.15) is 24.5 Å². The summed E-state index contributed by atoms with van der Waals surface area (Å²) in [6, 6.07) is 9.24. The van der Waals surface area contributed by atoms with Crippen LogP contribution in [0.5, 0.6) is 0 Å². The lowest BCUT2D eigenvalue weighted by atomic mass is 10.1. The van der Waals surface area contributed by atoms with E-state index in [2.05, 4.69) is 16.0 Å². The van der Waals surface area contributed by atoms with Gasteiger partial charge < -0.3 is 4.57 Å². The van der Waals surface area contributed by atoms with Gasteiger partial charge in [0.1, 0.15) is 0 Å². The second-order valence-electron chi connectivity index (χ2n) is 5.15. The van der Waals surface area contributed by atoms with Crippen LogP contribution in [0.15, 0.2) is 35.4 Å². The van der Waals surface area contributed by atoms with Gasteiger partial charge in [-0.2, -0.15) is 10.2 Å². The maximum atomic E-state index is 12.8. The zero-order valence-electron chi connectivity index (χ0n) is 12.5. The van der Waals surface area contributed by atoms with Gasteiger partial charge >= 0.3 is 0 Å². The number of hydrogen-bond acceptors (Lipinski definition) is 4. The predicted molar refractivity (Wildman–Crippen MR) is 87.3 cm³/mol. The van der Waals surface area contributed by atoms with Crippen LogP contribution in [0.25, 0.3) is 11.2 Å². The van der Waals surface area contributed by atoms with Gasteiger partial charge in [0.2, 0.25) is 5.28 Å². The molecule has 0 aliphatic heterocycles. The molecule has 2 heterocycles. The van der Waals surface area contributed by atoms with Crippen LogP contribution in [-0.2, 0) is 13.1 Å². The Hall–Kier alpha value is -2.65. The Morgan fingerprint density at radius 2 is 2.13 bits per heavy atom. The van der Waals surface area contributed by atoms with E-state index < -0.39 is 0 Å². The molecule has 0 radical (unpaired) electrons. The first kappa shape index (κ1) is 15.3. The SMILES string of the molecule is CCCn1cnc2nc(Cl)n(Cc3ccccc3C#N)c(=O)c21. The van der Waals surface area contributed by atoms with Crippen molar-refractivity contribution in [3.05, 3.63) is 57.4 Å². The lowest BCUT2D eigenvalue weighted by Crippen LogP contribution is -2.24. The van der Waals surface area contributed by atoms with Gasteiger partial charge in [-0.15, -0.1) is 0 Å². The zero-order valence-corrected chi connectivity index (χ0v) is 13.3. The fourth-order valence-corrected chi connectivity index (χ4v) is 2.73. The van der Waals surface area contributed by atoms with Gasteiger partial charge in [0, 0.05) is 6.54 Å². The first-order chi connectivity index (χ1) is 11.2. The van der Waals surface area contributed by atoms with E-state index in [1.165, 1.54) is 4.57 Å². The molecule has 0 N–H and O–H groups in total. The molecule has 0 atom stereocenters. The van der Waals surface area contributed by atoms with Gasteiger partial charge in [-0.05, 0) is 29.7 Å². The van der Waals surface area contributed by atoms with Gasteiger partial charge in [-0.3, -0.25) is 9.36 Å². The van der Waals surface area contributed by atoms with Crippen molar-refractivity contribution in [3.63, 3.8) is 0 Å². The van der Waals surface area contributed by atoms with E-state index in [0.29, 0.717) is 23.3 Å². The Bertz CT molecular complexity index is 967. The highest BCUT2D eigenvalue weighted by Gasteiger charge is 2.15. The molecule has 6 nitrogen and oxygen atoms in total. The molecule has 0 spiro atoms. The zero-order chi connectivity index (χ0) is 16.4. The summed E-state index contributed by atoms with van der Waals surface area (Å²) in [7, 11) is 0. The van der Waals surface area contributed by atoms with Crippen LogP contribution < -0.4 is 5.56 Å². The molecule has 116 valence electrons. The van der Waals surface area contributed by atoms with E-state index in [0.717, 1.165) is 12.0 Å². The second kappa shape index (κ2) is 6.23. The summed E-state index contributed by atoms with van der Waals surface area (Å²) in [6.45, 7) is 2.91. The van der Waals surface area contributed by atoms with Crippen LogP contribution in [0.2, 0.25) is 5.28 Å². The van der Waals surface area contributed by atoms with Crippen molar-refractivity contribution < 1.29 is 0 Å². The minimum absolute atomic E-state index is 0.0667. The third kappa shape index (κ3) is 2.71. The minimum Gasteiger partial charge on any atom is -0.325 e. The lowest BCUT2D eigenvalue weighted by Gasteiger charge is -2.10. The number of rotatable bonds is 4. The number of nitriles is 1. The second-order valence-corrected chi connectivity index (χ2v) is 5.49. The maximum absolute atomic E-state index is 12.8. The Balaban J connectivity index is 2.16. The molecule has 0 amide bonds. The molecular formula is C16H14ClN5O. The number of imidazole rings is 1. The summed E-state index contributed by atoms with van der Waals surface area (Å²) >= 11 is 6.16. The smallest absolute Gasteiger partial charge is 0.281 e. The standard InChI is InChI=1S/C16H14ClN5O/c1-2-7-21-10-19-14-13(21)15(23)22(16(17)20-14)9-12-6-4-3-5-11(12)8-18/h3-6,10H,2,7,9H2,1H3. The van der Waals surface area contributed by atoms with Gasteiger partial charge in [0.15, 0.2) is 11.2 Å². The third-order valence-corrected chi connectivity index (χ3v) is 3.91. The van der Waals surface area contributed by atoms with E-state index >= 15 is 0 Å². The number of aromatic nitrogens is 4. The molecule has 2 aromatic heterocycles. The highest BCUT2D eigenvalue weighted by atomic mass is 35.5. The fourth-order valence-electron chi connectivity index (χ4n) is 2.52. The fraction of sp³-hybridized carbons (Fsp3) is 0.250. The van der Waals surface area contributed by atoms with Crippen LogP contribution in [-0.4, -0.2) is 19.1 Å². The molecule has 7 heteroatoms. The van der Waals surface area contributed by atoms with E-state index in [1.54, 1.807) is 29.1 Å². The molecule has 3 rings (SSSR count). The molecule has 0 bridgehead atoms. The first-order valence-electron chi connectivity index (χ1n) is 7.25. The Labute approximate surface area is 137 Å². The van der Waals surface area contributed by atoms with Crippen LogP contribution >= 0.6 is 11.6 Å². The molecule has 3 aromatic rings. The molecule has 0 saturated carbocycles. The van der Waals surface area contributed by atoms with E-state index in [9.17, 15) is 10.1 Å². The maximum Gasteiger partial charge on any atom is 0.281 e. The lowest BCUT2D eigenvalue weighted by molar-refractivity contribution is 0.684. The molecule has 0 saturated heterocycles. The summed E-state index contributed by atoms with van der Waals surface area (Å²) < 4.78 is 3.15. The van der Waals surface area contributed by atoms with Crippen molar-refractivity contribution in [1.82, 2.24) is 19.1 Å². The number of nitrogens with zero attached hydrogens (tertiary/aromatic N) is 5. The van der Waals surface area contributed by atoms with Crippen LogP contribution in [0, 0.1) is 11.3 Å². The van der Waals surface area contributed by atoms with Crippen molar-refractivity contribution in [2.24, 2.45) is 0 Å². The number of benzene rings is 1. The molecule has 0 unspecified atom stereocenters. The Morgan fingerprint density at radius 1 is 1.35 bits per heavy atom. The van der Waals surface area contributed by atoms with Gasteiger partial charge in [0.25, 0.3) is 5.56 Å². The van der Waals surface area contributed by atoms with Crippen molar-refractivity contribution >= 4 is 22.8 Å². The van der Waals surface area contributed by atoms with Crippen molar-refractivity contribution in [2.75, 3.05) is 0 Å².